The van der Waals surface area contributed by atoms with Gasteiger partial charge in [-0.3, -0.25) is 14.3 Å². The van der Waals surface area contributed by atoms with Gasteiger partial charge in [0.15, 0.2) is 0 Å². The summed E-state index contributed by atoms with van der Waals surface area (Å²) in [4.78, 5) is 20.8. The number of halogens is 2. The number of rotatable bonds is 5. The lowest BCUT2D eigenvalue weighted by atomic mass is 10.1. The fraction of sp³-hybridized carbons (Fsp3) is 0.231. The molecule has 0 N–H and O–H groups in total. The Kier molecular flexibility index (Phi) is 6.89. The summed E-state index contributed by atoms with van der Waals surface area (Å²) < 4.78 is 29.3. The third-order valence-electron chi connectivity index (χ3n) is 6.53. The Labute approximate surface area is 219 Å². The normalized spacial score (nSPS) is 16.3. The van der Waals surface area contributed by atoms with Crippen molar-refractivity contribution in [3.05, 3.63) is 99.0 Å². The molecule has 4 aromatic rings. The molecule has 1 fully saturated rings. The van der Waals surface area contributed by atoms with Gasteiger partial charge in [-0.1, -0.05) is 35.3 Å². The molecule has 10 heteroatoms. The Morgan fingerprint density at radius 2 is 1.42 bits per heavy atom. The Hall–Kier alpha value is -2.75. The molecule has 0 spiro atoms. The maximum Gasteiger partial charge on any atom is 0.266 e. The minimum absolute atomic E-state index is 0.159. The largest absolute Gasteiger partial charge is 0.291 e. The van der Waals surface area contributed by atoms with Crippen molar-refractivity contribution >= 4 is 44.1 Å². The lowest BCUT2D eigenvalue weighted by molar-refractivity contribution is 0.140. The average molecular weight is 543 g/mol. The van der Waals surface area contributed by atoms with E-state index in [2.05, 4.69) is 4.90 Å². The maximum atomic E-state index is 13.6. The highest BCUT2D eigenvalue weighted by Gasteiger charge is 2.32. The highest BCUT2D eigenvalue weighted by Crippen LogP contribution is 2.26. The quantitative estimate of drug-likeness (QED) is 0.363. The molecule has 1 atom stereocenters. The van der Waals surface area contributed by atoms with E-state index in [1.54, 1.807) is 47.0 Å². The highest BCUT2D eigenvalue weighted by molar-refractivity contribution is 7.89. The third kappa shape index (κ3) is 4.67. The Bertz CT molecular complexity index is 1560. The number of nitrogens with zero attached hydrogens (tertiary/aromatic N) is 4. The lowest BCUT2D eigenvalue weighted by Gasteiger charge is -2.37. The van der Waals surface area contributed by atoms with E-state index in [1.165, 1.54) is 16.4 Å². The van der Waals surface area contributed by atoms with Crippen molar-refractivity contribution < 1.29 is 8.42 Å². The second kappa shape index (κ2) is 9.95. The standard InChI is InChI=1S/C26H24Cl2N4O3S/c1-18(30-14-16-31(17-15-30)36(34,35)22-12-8-20(28)9-13-22)25-29-24-5-3-2-4-23(24)26(33)32(25)21-10-6-19(27)7-11-21/h2-13,18H,14-17H2,1H3. The van der Waals surface area contributed by atoms with E-state index >= 15 is 0 Å². The summed E-state index contributed by atoms with van der Waals surface area (Å²) in [6.07, 6.45) is 0. The van der Waals surface area contributed by atoms with Crippen LogP contribution in [0.15, 0.2) is 82.5 Å². The summed E-state index contributed by atoms with van der Waals surface area (Å²) >= 11 is 12.0. The molecule has 7 nitrogen and oxygen atoms in total. The lowest BCUT2D eigenvalue weighted by Crippen LogP contribution is -2.49. The van der Waals surface area contributed by atoms with Gasteiger partial charge in [-0.05, 0) is 67.6 Å². The highest BCUT2D eigenvalue weighted by atomic mass is 35.5. The van der Waals surface area contributed by atoms with Gasteiger partial charge in [0.05, 0.1) is 27.5 Å². The average Bonchev–Trinajstić information content (AvgIpc) is 2.89. The molecule has 3 aromatic carbocycles. The van der Waals surface area contributed by atoms with Crippen molar-refractivity contribution in [2.75, 3.05) is 26.2 Å². The molecular formula is C26H24Cl2N4O3S. The first-order chi connectivity index (χ1) is 17.3. The molecule has 1 unspecified atom stereocenters. The number of hydrogen-bond donors (Lipinski definition) is 0. The van der Waals surface area contributed by atoms with Crippen LogP contribution in [0.4, 0.5) is 0 Å². The van der Waals surface area contributed by atoms with Crippen LogP contribution >= 0.6 is 23.2 Å². The zero-order chi connectivity index (χ0) is 25.4. The van der Waals surface area contributed by atoms with Crippen LogP contribution in [0.1, 0.15) is 18.8 Å². The van der Waals surface area contributed by atoms with E-state index in [1.807, 2.05) is 25.1 Å². The van der Waals surface area contributed by atoms with E-state index in [0.717, 1.165) is 0 Å². The van der Waals surface area contributed by atoms with Gasteiger partial charge in [0.1, 0.15) is 5.82 Å². The van der Waals surface area contributed by atoms with Crippen molar-refractivity contribution in [2.24, 2.45) is 0 Å². The van der Waals surface area contributed by atoms with Gasteiger partial charge in [0.2, 0.25) is 10.0 Å². The molecule has 1 aromatic heterocycles. The molecule has 0 radical (unpaired) electrons. The SMILES string of the molecule is CC(c1nc2ccccc2c(=O)n1-c1ccc(Cl)cc1)N1CCN(S(=O)(=O)c2ccc(Cl)cc2)CC1. The van der Waals surface area contributed by atoms with Crippen LogP contribution in [0.3, 0.4) is 0 Å². The smallest absolute Gasteiger partial charge is 0.266 e. The van der Waals surface area contributed by atoms with E-state index in [9.17, 15) is 13.2 Å². The number of fused-ring (bicyclic) bond motifs is 1. The van der Waals surface area contributed by atoms with Crippen molar-refractivity contribution in [2.45, 2.75) is 17.9 Å². The predicted octanol–water partition coefficient (Wildman–Crippen LogP) is 4.76. The number of para-hydroxylation sites is 1. The molecule has 0 saturated carbocycles. The molecule has 0 amide bonds. The maximum absolute atomic E-state index is 13.6. The molecule has 2 heterocycles. The van der Waals surface area contributed by atoms with Crippen molar-refractivity contribution in [1.82, 2.24) is 18.8 Å². The van der Waals surface area contributed by atoms with Gasteiger partial charge in [0.25, 0.3) is 5.56 Å². The van der Waals surface area contributed by atoms with Crippen LogP contribution < -0.4 is 5.56 Å². The first-order valence-electron chi connectivity index (χ1n) is 11.5. The summed E-state index contributed by atoms with van der Waals surface area (Å²) in [5, 5.41) is 1.60. The molecular weight excluding hydrogens is 519 g/mol. The van der Waals surface area contributed by atoms with Crippen LogP contribution in [-0.4, -0.2) is 53.4 Å². The van der Waals surface area contributed by atoms with E-state index in [0.29, 0.717) is 58.6 Å². The van der Waals surface area contributed by atoms with Gasteiger partial charge in [-0.2, -0.15) is 4.31 Å². The monoisotopic (exact) mass is 542 g/mol. The van der Waals surface area contributed by atoms with E-state index < -0.39 is 10.0 Å². The van der Waals surface area contributed by atoms with E-state index in [4.69, 9.17) is 28.2 Å². The zero-order valence-electron chi connectivity index (χ0n) is 19.5. The minimum Gasteiger partial charge on any atom is -0.291 e. The Morgan fingerprint density at radius 3 is 2.06 bits per heavy atom. The first kappa shape index (κ1) is 24.9. The fourth-order valence-electron chi connectivity index (χ4n) is 4.52. The summed E-state index contributed by atoms with van der Waals surface area (Å²) in [6, 6.07) is 20.3. The summed E-state index contributed by atoms with van der Waals surface area (Å²) in [7, 11) is -3.62. The molecule has 0 bridgehead atoms. The van der Waals surface area contributed by atoms with Crippen molar-refractivity contribution in [3.63, 3.8) is 0 Å². The number of sulfonamides is 1. The topological polar surface area (TPSA) is 75.5 Å². The van der Waals surface area contributed by atoms with Crippen LogP contribution in [0.2, 0.25) is 10.0 Å². The summed E-state index contributed by atoms with van der Waals surface area (Å²) in [5.74, 6) is 0.593. The van der Waals surface area contributed by atoms with Gasteiger partial charge >= 0.3 is 0 Å². The molecule has 0 aliphatic carbocycles. The molecule has 186 valence electrons. The number of benzene rings is 3. The van der Waals surface area contributed by atoms with Crippen LogP contribution in [0.25, 0.3) is 16.6 Å². The molecule has 5 rings (SSSR count). The van der Waals surface area contributed by atoms with Gasteiger partial charge < -0.3 is 0 Å². The fourth-order valence-corrected chi connectivity index (χ4v) is 6.19. The van der Waals surface area contributed by atoms with Crippen LogP contribution in [0.5, 0.6) is 0 Å². The summed E-state index contributed by atoms with van der Waals surface area (Å²) in [5.41, 5.74) is 1.14. The minimum atomic E-state index is -3.62. The molecule has 1 aliphatic rings. The molecule has 1 aliphatic heterocycles. The Balaban J connectivity index is 1.46. The number of piperazine rings is 1. The second-order valence-corrected chi connectivity index (χ2v) is 11.5. The van der Waals surface area contributed by atoms with E-state index in [-0.39, 0.29) is 16.5 Å². The number of aromatic nitrogens is 2. The van der Waals surface area contributed by atoms with Gasteiger partial charge in [0, 0.05) is 36.2 Å². The zero-order valence-corrected chi connectivity index (χ0v) is 21.8. The molecule has 36 heavy (non-hydrogen) atoms. The first-order valence-corrected chi connectivity index (χ1v) is 13.7. The third-order valence-corrected chi connectivity index (χ3v) is 8.95. The van der Waals surface area contributed by atoms with Gasteiger partial charge in [-0.15, -0.1) is 0 Å². The second-order valence-electron chi connectivity index (χ2n) is 8.67. The van der Waals surface area contributed by atoms with Crippen LogP contribution in [0, 0.1) is 0 Å². The molecule has 1 saturated heterocycles. The predicted molar refractivity (Wildman–Crippen MR) is 143 cm³/mol. The van der Waals surface area contributed by atoms with Gasteiger partial charge in [-0.25, -0.2) is 13.4 Å². The van der Waals surface area contributed by atoms with Crippen molar-refractivity contribution in [1.29, 1.82) is 0 Å². The van der Waals surface area contributed by atoms with Crippen molar-refractivity contribution in [3.8, 4) is 5.69 Å². The number of hydrogen-bond acceptors (Lipinski definition) is 5. The Morgan fingerprint density at radius 1 is 0.833 bits per heavy atom. The summed E-state index contributed by atoms with van der Waals surface area (Å²) in [6.45, 7) is 3.64. The van der Waals surface area contributed by atoms with Crippen LogP contribution in [-0.2, 0) is 10.0 Å².